The van der Waals surface area contributed by atoms with Gasteiger partial charge in [0.15, 0.2) is 0 Å². The molecular formula is C11H12ClNO. The summed E-state index contributed by atoms with van der Waals surface area (Å²) in [5.41, 5.74) is 1.52. The largest absolute Gasteiger partial charge is 0.304 e. The van der Waals surface area contributed by atoms with E-state index in [1.165, 1.54) is 0 Å². The first-order valence-corrected chi connectivity index (χ1v) is 4.66. The number of hydrogen-bond donors (Lipinski definition) is 0. The Balaban J connectivity index is 2.91. The molecule has 0 aliphatic heterocycles. The summed E-state index contributed by atoms with van der Waals surface area (Å²) in [5.74, 6) is 1.95. The van der Waals surface area contributed by atoms with E-state index in [4.69, 9.17) is 11.6 Å². The molecule has 74 valence electrons. The highest BCUT2D eigenvalue weighted by Gasteiger charge is 2.03. The topological polar surface area (TPSA) is 20.3 Å². The number of nitrogens with zero attached hydrogens (tertiary/aromatic N) is 1. The number of rotatable bonds is 3. The van der Waals surface area contributed by atoms with E-state index in [-0.39, 0.29) is 0 Å². The van der Waals surface area contributed by atoms with Crippen molar-refractivity contribution in [2.75, 3.05) is 20.6 Å². The Hall–Kier alpha value is -1.08. The highest BCUT2D eigenvalue weighted by Crippen LogP contribution is 2.15. The lowest BCUT2D eigenvalue weighted by molar-refractivity contribution is 0.462. The maximum atomic E-state index is 10.7. The molecule has 0 aliphatic rings. The maximum Gasteiger partial charge on any atom is 0.129 e. The molecular weight excluding hydrogens is 198 g/mol. The van der Waals surface area contributed by atoms with Crippen molar-refractivity contribution in [3.8, 4) is 0 Å². The molecule has 0 radical (unpaired) electrons. The molecule has 3 heteroatoms. The molecule has 0 aliphatic carbocycles. The Morgan fingerprint density at radius 2 is 1.93 bits per heavy atom. The molecule has 0 bridgehead atoms. The van der Waals surface area contributed by atoms with Gasteiger partial charge in [-0.1, -0.05) is 23.7 Å². The summed E-state index contributed by atoms with van der Waals surface area (Å²) in [7, 11) is 3.82. The second-order valence-corrected chi connectivity index (χ2v) is 3.76. The summed E-state index contributed by atoms with van der Waals surface area (Å²) in [4.78, 5) is 12.6. The van der Waals surface area contributed by atoms with E-state index in [0.29, 0.717) is 17.1 Å². The van der Waals surface area contributed by atoms with E-state index in [2.05, 4.69) is 0 Å². The van der Waals surface area contributed by atoms with Crippen LogP contribution in [0.3, 0.4) is 0 Å². The van der Waals surface area contributed by atoms with Gasteiger partial charge in [0, 0.05) is 11.6 Å². The Labute approximate surface area is 88.8 Å². The van der Waals surface area contributed by atoms with Crippen LogP contribution in [0.5, 0.6) is 0 Å². The molecule has 0 fully saturated rings. The third kappa shape index (κ3) is 3.00. The van der Waals surface area contributed by atoms with Gasteiger partial charge in [-0.15, -0.1) is 0 Å². The van der Waals surface area contributed by atoms with E-state index in [1.807, 2.05) is 37.1 Å². The Kier molecular flexibility index (Phi) is 3.90. The quantitative estimate of drug-likeness (QED) is 0.711. The zero-order valence-corrected chi connectivity index (χ0v) is 9.01. The van der Waals surface area contributed by atoms with Crippen molar-refractivity contribution in [3.05, 3.63) is 34.9 Å². The summed E-state index contributed by atoms with van der Waals surface area (Å²) in [5, 5.41) is 0.670. The summed E-state index contributed by atoms with van der Waals surface area (Å²) in [6, 6.07) is 7.19. The van der Waals surface area contributed by atoms with E-state index >= 15 is 0 Å². The van der Waals surface area contributed by atoms with Gasteiger partial charge in [-0.05, 0) is 31.8 Å². The summed E-state index contributed by atoms with van der Waals surface area (Å²) in [6.45, 7) is 0.588. The SMILES string of the molecule is CN(C)CC(=C=O)c1ccc(Cl)cc1. The third-order valence-corrected chi connectivity index (χ3v) is 2.04. The van der Waals surface area contributed by atoms with Crippen molar-refractivity contribution in [2.24, 2.45) is 0 Å². The highest BCUT2D eigenvalue weighted by molar-refractivity contribution is 6.30. The second-order valence-electron chi connectivity index (χ2n) is 3.33. The number of hydrogen-bond acceptors (Lipinski definition) is 2. The minimum absolute atomic E-state index is 0.588. The summed E-state index contributed by atoms with van der Waals surface area (Å²) in [6.07, 6.45) is 0. The molecule has 2 nitrogen and oxygen atoms in total. The smallest absolute Gasteiger partial charge is 0.129 e. The maximum absolute atomic E-state index is 10.7. The van der Waals surface area contributed by atoms with Crippen LogP contribution in [0.15, 0.2) is 24.3 Å². The second kappa shape index (κ2) is 4.97. The van der Waals surface area contributed by atoms with Crippen LogP contribution in [0.1, 0.15) is 5.56 Å². The van der Waals surface area contributed by atoms with Gasteiger partial charge in [0.05, 0.1) is 5.57 Å². The first-order chi connectivity index (χ1) is 6.63. The lowest BCUT2D eigenvalue weighted by Crippen LogP contribution is -2.14. The van der Waals surface area contributed by atoms with Crippen molar-refractivity contribution in [2.45, 2.75) is 0 Å². The van der Waals surface area contributed by atoms with E-state index < -0.39 is 0 Å². The van der Waals surface area contributed by atoms with Crippen molar-refractivity contribution in [3.63, 3.8) is 0 Å². The van der Waals surface area contributed by atoms with E-state index in [0.717, 1.165) is 5.56 Å². The van der Waals surface area contributed by atoms with Gasteiger partial charge in [0.1, 0.15) is 5.94 Å². The molecule has 0 spiro atoms. The monoisotopic (exact) mass is 209 g/mol. The van der Waals surface area contributed by atoms with Gasteiger partial charge in [-0.2, -0.15) is 0 Å². The van der Waals surface area contributed by atoms with Gasteiger partial charge in [-0.3, -0.25) is 0 Å². The molecule has 0 atom stereocenters. The molecule has 0 saturated carbocycles. The molecule has 1 aromatic carbocycles. The average Bonchev–Trinajstić information content (AvgIpc) is 2.15. The highest BCUT2D eigenvalue weighted by atomic mass is 35.5. The van der Waals surface area contributed by atoms with Crippen LogP contribution >= 0.6 is 11.6 Å². The van der Waals surface area contributed by atoms with Crippen LogP contribution in [-0.2, 0) is 4.79 Å². The molecule has 0 N–H and O–H groups in total. The predicted molar refractivity (Wildman–Crippen MR) is 59.1 cm³/mol. The standard InChI is InChI=1S/C11H12ClNO/c1-13(2)7-10(8-14)9-3-5-11(12)6-4-9/h3-6H,7H2,1-2H3. The zero-order chi connectivity index (χ0) is 10.6. The Morgan fingerprint density at radius 1 is 1.36 bits per heavy atom. The minimum atomic E-state index is 0.588. The van der Waals surface area contributed by atoms with Crippen LogP contribution in [0.4, 0.5) is 0 Å². The number of halogens is 1. The zero-order valence-electron chi connectivity index (χ0n) is 8.25. The molecule has 0 unspecified atom stereocenters. The average molecular weight is 210 g/mol. The molecule has 0 amide bonds. The molecule has 0 saturated heterocycles. The summed E-state index contributed by atoms with van der Waals surface area (Å²) < 4.78 is 0. The molecule has 1 rings (SSSR count). The van der Waals surface area contributed by atoms with Crippen molar-refractivity contribution in [1.29, 1.82) is 0 Å². The number of benzene rings is 1. The van der Waals surface area contributed by atoms with Crippen molar-refractivity contribution in [1.82, 2.24) is 4.90 Å². The fourth-order valence-electron chi connectivity index (χ4n) is 1.15. The molecule has 0 heterocycles. The lowest BCUT2D eigenvalue weighted by Gasteiger charge is -2.10. The van der Waals surface area contributed by atoms with Crippen molar-refractivity contribution >= 4 is 23.1 Å². The summed E-state index contributed by atoms with van der Waals surface area (Å²) >= 11 is 5.75. The molecule has 14 heavy (non-hydrogen) atoms. The number of carbonyl (C=O) groups excluding carboxylic acids is 1. The Bertz CT molecular complexity index is 350. The van der Waals surface area contributed by atoms with E-state index in [1.54, 1.807) is 12.1 Å². The fraction of sp³-hybridized carbons (Fsp3) is 0.273. The van der Waals surface area contributed by atoms with Crippen LogP contribution in [0.2, 0.25) is 5.02 Å². The van der Waals surface area contributed by atoms with Gasteiger partial charge < -0.3 is 4.90 Å². The van der Waals surface area contributed by atoms with Gasteiger partial charge >= 0.3 is 0 Å². The van der Waals surface area contributed by atoms with E-state index in [9.17, 15) is 4.79 Å². The van der Waals surface area contributed by atoms with Crippen LogP contribution in [-0.4, -0.2) is 31.5 Å². The van der Waals surface area contributed by atoms with Gasteiger partial charge in [-0.25, -0.2) is 4.79 Å². The normalized spacial score (nSPS) is 10.0. The van der Waals surface area contributed by atoms with Crippen molar-refractivity contribution < 1.29 is 4.79 Å². The van der Waals surface area contributed by atoms with Gasteiger partial charge in [0.25, 0.3) is 0 Å². The van der Waals surface area contributed by atoms with Crippen LogP contribution in [0, 0.1) is 0 Å². The molecule has 1 aromatic rings. The number of likely N-dealkylation sites (N-methyl/N-ethyl adjacent to an activating group) is 1. The molecule has 0 aromatic heterocycles. The fourth-order valence-corrected chi connectivity index (χ4v) is 1.28. The Morgan fingerprint density at radius 3 is 2.36 bits per heavy atom. The van der Waals surface area contributed by atoms with Gasteiger partial charge in [0.2, 0.25) is 0 Å². The first-order valence-electron chi connectivity index (χ1n) is 4.28. The predicted octanol–water partition coefficient (Wildman–Crippen LogP) is 2.12. The minimum Gasteiger partial charge on any atom is -0.304 e. The van der Waals surface area contributed by atoms with Crippen LogP contribution < -0.4 is 0 Å². The first kappa shape index (κ1) is 11.0. The van der Waals surface area contributed by atoms with Crippen LogP contribution in [0.25, 0.3) is 5.57 Å². The third-order valence-electron chi connectivity index (χ3n) is 1.79. The lowest BCUT2D eigenvalue weighted by atomic mass is 10.1.